The molecule has 1 heterocycles. The molecule has 17 heavy (non-hydrogen) atoms. The second kappa shape index (κ2) is 3.78. The van der Waals surface area contributed by atoms with Crippen LogP contribution in [0.2, 0.25) is 0 Å². The summed E-state index contributed by atoms with van der Waals surface area (Å²) in [4.78, 5) is 4.33. The molecule has 1 aromatic carbocycles. The molecular formula is C12H12N2O2S. The van der Waals surface area contributed by atoms with Crippen molar-refractivity contribution in [1.82, 2.24) is 9.71 Å². The Morgan fingerprint density at radius 2 is 2.06 bits per heavy atom. The zero-order valence-corrected chi connectivity index (χ0v) is 9.94. The molecule has 88 valence electrons. The summed E-state index contributed by atoms with van der Waals surface area (Å²) in [6.07, 6.45) is 5.15. The van der Waals surface area contributed by atoms with Gasteiger partial charge >= 0.3 is 0 Å². The molecule has 0 spiro atoms. The fourth-order valence-electron chi connectivity index (χ4n) is 1.81. The Kier molecular flexibility index (Phi) is 2.38. The number of nitrogens with one attached hydrogen (secondary N) is 1. The second-order valence-electron chi connectivity index (χ2n) is 4.25. The van der Waals surface area contributed by atoms with E-state index >= 15 is 0 Å². The fraction of sp³-hybridized carbons (Fsp3) is 0.250. The molecule has 1 fully saturated rings. The van der Waals surface area contributed by atoms with Crippen molar-refractivity contribution in [2.24, 2.45) is 0 Å². The number of pyridine rings is 1. The first-order chi connectivity index (χ1) is 8.17. The van der Waals surface area contributed by atoms with E-state index in [0.29, 0.717) is 4.90 Å². The average molecular weight is 248 g/mol. The summed E-state index contributed by atoms with van der Waals surface area (Å²) in [6.45, 7) is 0. The van der Waals surface area contributed by atoms with Crippen LogP contribution in [0.25, 0.3) is 10.8 Å². The van der Waals surface area contributed by atoms with Crippen molar-refractivity contribution >= 4 is 20.8 Å². The first kappa shape index (κ1) is 10.7. The lowest BCUT2D eigenvalue weighted by Crippen LogP contribution is -2.25. The van der Waals surface area contributed by atoms with Crippen LogP contribution in [0.1, 0.15) is 12.8 Å². The lowest BCUT2D eigenvalue weighted by molar-refractivity contribution is 0.582. The molecule has 5 heteroatoms. The molecule has 0 radical (unpaired) electrons. The molecule has 0 saturated heterocycles. The van der Waals surface area contributed by atoms with Gasteiger partial charge in [0.2, 0.25) is 10.0 Å². The molecule has 2 aromatic rings. The predicted octanol–water partition coefficient (Wildman–Crippen LogP) is 1.68. The van der Waals surface area contributed by atoms with Crippen molar-refractivity contribution in [3.63, 3.8) is 0 Å². The zero-order valence-electron chi connectivity index (χ0n) is 9.13. The standard InChI is InChI=1S/C12H12N2O2S/c15-17(16,14-10-4-5-10)12-3-1-2-9-8-13-7-6-11(9)12/h1-3,6-8,10,14H,4-5H2. The lowest BCUT2D eigenvalue weighted by Gasteiger charge is -2.08. The molecule has 0 bridgehead atoms. The summed E-state index contributed by atoms with van der Waals surface area (Å²) >= 11 is 0. The van der Waals surface area contributed by atoms with Gasteiger partial charge in [0, 0.05) is 29.2 Å². The number of hydrogen-bond donors (Lipinski definition) is 1. The van der Waals surface area contributed by atoms with Gasteiger partial charge in [0.25, 0.3) is 0 Å². The zero-order chi connectivity index (χ0) is 11.9. The highest BCUT2D eigenvalue weighted by Crippen LogP contribution is 2.26. The summed E-state index contributed by atoms with van der Waals surface area (Å²) in [5.74, 6) is 0. The van der Waals surface area contributed by atoms with Gasteiger partial charge in [-0.15, -0.1) is 0 Å². The summed E-state index contributed by atoms with van der Waals surface area (Å²) in [5.41, 5.74) is 0. The molecule has 4 nitrogen and oxygen atoms in total. The van der Waals surface area contributed by atoms with E-state index < -0.39 is 10.0 Å². The molecule has 0 amide bonds. The lowest BCUT2D eigenvalue weighted by atomic mass is 10.2. The number of sulfonamides is 1. The number of rotatable bonds is 3. The smallest absolute Gasteiger partial charge is 0.241 e. The van der Waals surface area contributed by atoms with Crippen LogP contribution in [0.5, 0.6) is 0 Å². The minimum absolute atomic E-state index is 0.122. The molecular weight excluding hydrogens is 236 g/mol. The van der Waals surface area contributed by atoms with Gasteiger partial charge in [-0.05, 0) is 25.0 Å². The third kappa shape index (κ3) is 2.03. The summed E-state index contributed by atoms with van der Waals surface area (Å²) in [7, 11) is -3.40. The predicted molar refractivity (Wildman–Crippen MR) is 65.1 cm³/mol. The highest BCUT2D eigenvalue weighted by Gasteiger charge is 2.28. The highest BCUT2D eigenvalue weighted by molar-refractivity contribution is 7.89. The normalized spacial score (nSPS) is 16.2. The van der Waals surface area contributed by atoms with E-state index in [0.717, 1.165) is 23.6 Å². The summed E-state index contributed by atoms with van der Waals surface area (Å²) in [5, 5.41) is 1.56. The van der Waals surface area contributed by atoms with Gasteiger partial charge in [0.15, 0.2) is 0 Å². The third-order valence-corrected chi connectivity index (χ3v) is 4.41. The van der Waals surface area contributed by atoms with Crippen LogP contribution in [-0.4, -0.2) is 19.4 Å². The molecule has 1 N–H and O–H groups in total. The Bertz CT molecular complexity index is 658. The van der Waals surface area contributed by atoms with Crippen LogP contribution in [0, 0.1) is 0 Å². The van der Waals surface area contributed by atoms with Crippen molar-refractivity contribution in [3.8, 4) is 0 Å². The Morgan fingerprint density at radius 3 is 2.82 bits per heavy atom. The Labute approximate surface area is 99.7 Å². The molecule has 0 atom stereocenters. The minimum atomic E-state index is -3.40. The van der Waals surface area contributed by atoms with E-state index in [1.165, 1.54) is 0 Å². The molecule has 3 rings (SSSR count). The van der Waals surface area contributed by atoms with Gasteiger partial charge in [0.1, 0.15) is 0 Å². The summed E-state index contributed by atoms with van der Waals surface area (Å²) < 4.78 is 27.0. The van der Waals surface area contributed by atoms with Gasteiger partial charge in [0.05, 0.1) is 4.90 Å². The SMILES string of the molecule is O=S(=O)(NC1CC1)c1cccc2cnccc12. The largest absolute Gasteiger partial charge is 0.264 e. The van der Waals surface area contributed by atoms with Crippen LogP contribution >= 0.6 is 0 Å². The highest BCUT2D eigenvalue weighted by atomic mass is 32.2. The van der Waals surface area contributed by atoms with E-state index in [9.17, 15) is 8.42 Å². The van der Waals surface area contributed by atoms with Crippen LogP contribution in [0.3, 0.4) is 0 Å². The van der Waals surface area contributed by atoms with Gasteiger partial charge < -0.3 is 0 Å². The molecule has 1 saturated carbocycles. The van der Waals surface area contributed by atoms with Crippen LogP contribution in [0.15, 0.2) is 41.6 Å². The molecule has 0 unspecified atom stereocenters. The maximum atomic E-state index is 12.2. The van der Waals surface area contributed by atoms with Gasteiger partial charge in [-0.2, -0.15) is 0 Å². The number of aromatic nitrogens is 1. The molecule has 0 aliphatic heterocycles. The van der Waals surface area contributed by atoms with E-state index in [1.54, 1.807) is 30.6 Å². The van der Waals surface area contributed by atoms with Crippen LogP contribution in [0.4, 0.5) is 0 Å². The Hall–Kier alpha value is -1.46. The molecule has 1 aliphatic carbocycles. The van der Waals surface area contributed by atoms with Gasteiger partial charge in [-0.1, -0.05) is 12.1 Å². The van der Waals surface area contributed by atoms with Crippen LogP contribution in [-0.2, 0) is 10.0 Å². The van der Waals surface area contributed by atoms with Gasteiger partial charge in [-0.3, -0.25) is 4.98 Å². The Morgan fingerprint density at radius 1 is 1.24 bits per heavy atom. The van der Waals surface area contributed by atoms with Crippen LogP contribution < -0.4 is 4.72 Å². The van der Waals surface area contributed by atoms with E-state index in [2.05, 4.69) is 9.71 Å². The number of fused-ring (bicyclic) bond motifs is 1. The molecule has 1 aliphatic rings. The summed E-state index contributed by atoms with van der Waals surface area (Å²) in [6, 6.07) is 7.09. The van der Waals surface area contributed by atoms with Crippen molar-refractivity contribution in [2.45, 2.75) is 23.8 Å². The average Bonchev–Trinajstić information content (AvgIpc) is 3.11. The fourth-order valence-corrected chi connectivity index (χ4v) is 3.35. The first-order valence-electron chi connectivity index (χ1n) is 5.52. The van der Waals surface area contributed by atoms with Crippen molar-refractivity contribution in [2.75, 3.05) is 0 Å². The number of benzene rings is 1. The first-order valence-corrected chi connectivity index (χ1v) is 7.00. The van der Waals surface area contributed by atoms with E-state index in [-0.39, 0.29) is 6.04 Å². The topological polar surface area (TPSA) is 59.1 Å². The molecule has 1 aromatic heterocycles. The maximum absolute atomic E-state index is 12.2. The number of hydrogen-bond acceptors (Lipinski definition) is 3. The van der Waals surface area contributed by atoms with Crippen molar-refractivity contribution in [1.29, 1.82) is 0 Å². The quantitative estimate of drug-likeness (QED) is 0.899. The monoisotopic (exact) mass is 248 g/mol. The second-order valence-corrected chi connectivity index (χ2v) is 5.93. The van der Waals surface area contributed by atoms with Crippen molar-refractivity contribution in [3.05, 3.63) is 36.7 Å². The minimum Gasteiger partial charge on any atom is -0.264 e. The van der Waals surface area contributed by atoms with E-state index in [1.807, 2.05) is 6.07 Å². The van der Waals surface area contributed by atoms with Gasteiger partial charge in [-0.25, -0.2) is 13.1 Å². The Balaban J connectivity index is 2.16. The third-order valence-electron chi connectivity index (χ3n) is 2.83. The number of nitrogens with zero attached hydrogens (tertiary/aromatic N) is 1. The van der Waals surface area contributed by atoms with E-state index in [4.69, 9.17) is 0 Å². The van der Waals surface area contributed by atoms with Crippen molar-refractivity contribution < 1.29 is 8.42 Å². The maximum Gasteiger partial charge on any atom is 0.241 e.